The van der Waals surface area contributed by atoms with Crippen LogP contribution in [0.4, 0.5) is 0 Å². The normalized spacial score (nSPS) is 14.2. The van der Waals surface area contributed by atoms with Crippen LogP contribution in [-0.4, -0.2) is 58.0 Å². The van der Waals surface area contributed by atoms with Crippen LogP contribution in [-0.2, 0) is 24.0 Å². The number of carbonyl (C=O) groups is 5. The van der Waals surface area contributed by atoms with Gasteiger partial charge in [0, 0.05) is 6.42 Å². The summed E-state index contributed by atoms with van der Waals surface area (Å²) in [6, 6.07) is -3.62. The number of nitrogens with two attached hydrogens (primary N) is 2. The molecule has 0 aliphatic heterocycles. The number of primary amides is 1. The molecule has 3 atom stereocenters. The van der Waals surface area contributed by atoms with Gasteiger partial charge in [0.2, 0.25) is 17.7 Å². The summed E-state index contributed by atoms with van der Waals surface area (Å²) in [6.07, 6.45) is -0.984. The van der Waals surface area contributed by atoms with Crippen LogP contribution in [0.3, 0.4) is 0 Å². The Bertz CT molecular complexity index is 550. The molecule has 0 fully saturated rings. The van der Waals surface area contributed by atoms with E-state index in [0.717, 1.165) is 0 Å². The van der Waals surface area contributed by atoms with Crippen molar-refractivity contribution in [2.24, 2.45) is 17.4 Å². The molecule has 0 aliphatic carbocycles. The summed E-state index contributed by atoms with van der Waals surface area (Å²) in [5.74, 6) is -4.90. The van der Waals surface area contributed by atoms with Crippen molar-refractivity contribution in [3.8, 4) is 0 Å². The van der Waals surface area contributed by atoms with Crippen molar-refractivity contribution in [2.75, 3.05) is 0 Å². The molecule has 0 bridgehead atoms. The highest BCUT2D eigenvalue weighted by atomic mass is 16.4. The van der Waals surface area contributed by atoms with Crippen LogP contribution in [0.1, 0.15) is 39.5 Å². The van der Waals surface area contributed by atoms with E-state index >= 15 is 0 Å². The molecule has 8 N–H and O–H groups in total. The van der Waals surface area contributed by atoms with E-state index in [-0.39, 0.29) is 25.2 Å². The van der Waals surface area contributed by atoms with Gasteiger partial charge < -0.3 is 32.3 Å². The summed E-state index contributed by atoms with van der Waals surface area (Å²) in [6.45, 7) is 3.58. The average Bonchev–Trinajstić information content (AvgIpc) is 2.48. The Morgan fingerprint density at radius 2 is 1.46 bits per heavy atom. The van der Waals surface area contributed by atoms with Crippen molar-refractivity contribution in [3.05, 3.63) is 0 Å². The van der Waals surface area contributed by atoms with E-state index in [1.165, 1.54) is 0 Å². The molecule has 0 spiro atoms. The Balaban J connectivity index is 5.05. The number of amides is 3. The van der Waals surface area contributed by atoms with E-state index in [1.54, 1.807) is 13.8 Å². The van der Waals surface area contributed by atoms with Crippen LogP contribution >= 0.6 is 0 Å². The van der Waals surface area contributed by atoms with Gasteiger partial charge in [-0.1, -0.05) is 13.8 Å². The first-order valence-corrected chi connectivity index (χ1v) is 8.03. The van der Waals surface area contributed by atoms with Crippen LogP contribution in [0.5, 0.6) is 0 Å². The fourth-order valence-corrected chi connectivity index (χ4v) is 2.09. The maximum atomic E-state index is 12.4. The molecule has 0 saturated heterocycles. The zero-order valence-corrected chi connectivity index (χ0v) is 14.7. The second-order valence-electron chi connectivity index (χ2n) is 6.29. The molecular weight excluding hydrogens is 348 g/mol. The van der Waals surface area contributed by atoms with Crippen molar-refractivity contribution < 1.29 is 34.2 Å². The predicted molar refractivity (Wildman–Crippen MR) is 89.6 cm³/mol. The van der Waals surface area contributed by atoms with Gasteiger partial charge in [0.15, 0.2) is 0 Å². The van der Waals surface area contributed by atoms with E-state index < -0.39 is 54.2 Å². The highest BCUT2D eigenvalue weighted by Gasteiger charge is 2.28. The van der Waals surface area contributed by atoms with Gasteiger partial charge in [-0.15, -0.1) is 0 Å². The average molecular weight is 374 g/mol. The van der Waals surface area contributed by atoms with Gasteiger partial charge >= 0.3 is 11.9 Å². The van der Waals surface area contributed by atoms with Gasteiger partial charge in [-0.05, 0) is 18.8 Å². The number of hydrogen-bond donors (Lipinski definition) is 6. The number of carbonyl (C=O) groups excluding carboxylic acids is 3. The number of hydrogen-bond acceptors (Lipinski definition) is 6. The number of aliphatic carboxylic acids is 2. The van der Waals surface area contributed by atoms with E-state index in [1.807, 2.05) is 0 Å². The van der Waals surface area contributed by atoms with Gasteiger partial charge in [-0.2, -0.15) is 0 Å². The van der Waals surface area contributed by atoms with Gasteiger partial charge in [0.1, 0.15) is 12.1 Å². The summed E-state index contributed by atoms with van der Waals surface area (Å²) >= 11 is 0. The second-order valence-corrected chi connectivity index (χ2v) is 6.29. The lowest BCUT2D eigenvalue weighted by atomic mass is 10.0. The van der Waals surface area contributed by atoms with Crippen LogP contribution in [0.25, 0.3) is 0 Å². The Kier molecular flexibility index (Phi) is 9.89. The summed E-state index contributed by atoms with van der Waals surface area (Å²) in [4.78, 5) is 57.0. The number of nitrogens with one attached hydrogen (secondary N) is 2. The topological polar surface area (TPSA) is 202 Å². The highest BCUT2D eigenvalue weighted by Crippen LogP contribution is 2.07. The SMILES string of the molecule is CC(C)C[C@H](NC(=O)[C@@H](N)CC(=O)O)C(=O)N[C@@H](CCC(=O)O)C(N)=O. The zero-order valence-electron chi connectivity index (χ0n) is 14.7. The fraction of sp³-hybridized carbons (Fsp3) is 0.667. The molecule has 11 heteroatoms. The summed E-state index contributed by atoms with van der Waals surface area (Å²) in [5.41, 5.74) is 10.6. The molecule has 0 aliphatic rings. The molecule has 0 aromatic heterocycles. The summed E-state index contributed by atoms with van der Waals surface area (Å²) < 4.78 is 0. The van der Waals surface area contributed by atoms with E-state index in [4.69, 9.17) is 21.7 Å². The number of rotatable bonds is 12. The highest BCUT2D eigenvalue weighted by molar-refractivity contribution is 5.93. The molecule has 0 heterocycles. The molecular formula is C15H26N4O7. The van der Waals surface area contributed by atoms with Crippen molar-refractivity contribution in [2.45, 2.75) is 57.7 Å². The second kappa shape index (κ2) is 11.0. The standard InChI is InChI=1S/C15H26N4O7/c1-7(2)5-10(19-14(25)8(16)6-12(22)23)15(26)18-9(13(17)24)3-4-11(20)21/h7-10H,3-6,16H2,1-2H3,(H2,17,24)(H,18,26)(H,19,25)(H,20,21)(H,22,23)/t8-,9-,10-/m0/s1. The van der Waals surface area contributed by atoms with Crippen LogP contribution in [0.15, 0.2) is 0 Å². The van der Waals surface area contributed by atoms with Crippen LogP contribution in [0.2, 0.25) is 0 Å². The Labute approximate surface area is 150 Å². The minimum atomic E-state index is -1.34. The molecule has 0 unspecified atom stereocenters. The van der Waals surface area contributed by atoms with E-state index in [9.17, 15) is 24.0 Å². The molecule has 26 heavy (non-hydrogen) atoms. The molecule has 0 aromatic rings. The van der Waals surface area contributed by atoms with Crippen LogP contribution < -0.4 is 22.1 Å². The van der Waals surface area contributed by atoms with Crippen molar-refractivity contribution >= 4 is 29.7 Å². The lowest BCUT2D eigenvalue weighted by molar-refractivity contribution is -0.140. The zero-order chi connectivity index (χ0) is 20.4. The van der Waals surface area contributed by atoms with Gasteiger partial charge in [-0.3, -0.25) is 24.0 Å². The lowest BCUT2D eigenvalue weighted by Gasteiger charge is -2.24. The molecule has 3 amide bonds. The van der Waals surface area contributed by atoms with E-state index in [0.29, 0.717) is 0 Å². The Morgan fingerprint density at radius 3 is 1.88 bits per heavy atom. The van der Waals surface area contributed by atoms with E-state index in [2.05, 4.69) is 10.6 Å². The largest absolute Gasteiger partial charge is 0.481 e. The first-order valence-electron chi connectivity index (χ1n) is 8.03. The third-order valence-corrected chi connectivity index (χ3v) is 3.38. The molecule has 0 saturated carbocycles. The van der Waals surface area contributed by atoms with Crippen LogP contribution in [0, 0.1) is 5.92 Å². The molecule has 0 radical (unpaired) electrons. The third kappa shape index (κ3) is 9.57. The molecule has 148 valence electrons. The number of carboxylic acids is 2. The quantitative estimate of drug-likeness (QED) is 0.228. The Morgan fingerprint density at radius 1 is 0.923 bits per heavy atom. The van der Waals surface area contributed by atoms with Crippen molar-refractivity contribution in [1.82, 2.24) is 10.6 Å². The lowest BCUT2D eigenvalue weighted by Crippen LogP contribution is -2.55. The van der Waals surface area contributed by atoms with Gasteiger partial charge in [-0.25, -0.2) is 0 Å². The van der Waals surface area contributed by atoms with Gasteiger partial charge in [0.25, 0.3) is 0 Å². The minimum Gasteiger partial charge on any atom is -0.481 e. The maximum absolute atomic E-state index is 12.4. The summed E-state index contributed by atoms with van der Waals surface area (Å²) in [7, 11) is 0. The molecule has 0 rings (SSSR count). The van der Waals surface area contributed by atoms with Crippen molar-refractivity contribution in [1.29, 1.82) is 0 Å². The minimum absolute atomic E-state index is 0.0206. The first kappa shape index (κ1) is 23.3. The predicted octanol–water partition coefficient (Wildman–Crippen LogP) is -1.85. The van der Waals surface area contributed by atoms with Crippen molar-refractivity contribution in [3.63, 3.8) is 0 Å². The molecule has 11 nitrogen and oxygen atoms in total. The third-order valence-electron chi connectivity index (χ3n) is 3.38. The maximum Gasteiger partial charge on any atom is 0.305 e. The summed E-state index contributed by atoms with van der Waals surface area (Å²) in [5, 5.41) is 22.0. The monoisotopic (exact) mass is 374 g/mol. The first-order chi connectivity index (χ1) is 11.9. The Hall–Kier alpha value is -2.69. The molecule has 0 aromatic carbocycles. The number of carboxylic acid groups (broad SMARTS) is 2. The van der Waals surface area contributed by atoms with Gasteiger partial charge in [0.05, 0.1) is 12.5 Å². The fourth-order valence-electron chi connectivity index (χ4n) is 2.09. The smallest absolute Gasteiger partial charge is 0.305 e.